The number of ether oxygens (including phenoxy) is 2. The predicted molar refractivity (Wildman–Crippen MR) is 90.4 cm³/mol. The Bertz CT molecular complexity index is 909. The van der Waals surface area contributed by atoms with Crippen molar-refractivity contribution >= 4 is 11.0 Å². The molecule has 4 nitrogen and oxygen atoms in total. The summed E-state index contributed by atoms with van der Waals surface area (Å²) >= 11 is 0. The molecular weight excluding hydrogens is 292 g/mol. The summed E-state index contributed by atoms with van der Waals surface area (Å²) in [5, 5.41) is 0.473. The van der Waals surface area contributed by atoms with Gasteiger partial charge in [-0.3, -0.25) is 4.79 Å². The van der Waals surface area contributed by atoms with Crippen LogP contribution in [0, 0.1) is 0 Å². The van der Waals surface area contributed by atoms with Gasteiger partial charge in [-0.05, 0) is 18.1 Å². The zero-order chi connectivity index (χ0) is 16.4. The average molecular weight is 310 g/mol. The Kier molecular flexibility index (Phi) is 4.06. The highest BCUT2D eigenvalue weighted by molar-refractivity contribution is 5.82. The summed E-state index contributed by atoms with van der Waals surface area (Å²) < 4.78 is 16.5. The Balaban J connectivity index is 2.27. The summed E-state index contributed by atoms with van der Waals surface area (Å²) in [6.45, 7) is 2.08. The Morgan fingerprint density at radius 1 is 1.00 bits per heavy atom. The van der Waals surface area contributed by atoms with E-state index >= 15 is 0 Å². The van der Waals surface area contributed by atoms with Crippen molar-refractivity contribution in [2.45, 2.75) is 13.3 Å². The Hall–Kier alpha value is -2.75. The highest BCUT2D eigenvalue weighted by Gasteiger charge is 2.13. The number of hydrogen-bond acceptors (Lipinski definition) is 4. The maximum Gasteiger partial charge on any atom is 0.193 e. The van der Waals surface area contributed by atoms with Crippen molar-refractivity contribution in [3.63, 3.8) is 0 Å². The first-order chi connectivity index (χ1) is 11.2. The molecular formula is C19H18O4. The lowest BCUT2D eigenvalue weighted by Gasteiger charge is -2.10. The molecule has 0 saturated heterocycles. The maximum atomic E-state index is 12.5. The van der Waals surface area contributed by atoms with Crippen molar-refractivity contribution in [1.29, 1.82) is 0 Å². The van der Waals surface area contributed by atoms with Gasteiger partial charge in [-0.1, -0.05) is 31.2 Å². The van der Waals surface area contributed by atoms with Gasteiger partial charge in [-0.15, -0.1) is 0 Å². The molecule has 1 aromatic heterocycles. The zero-order valence-corrected chi connectivity index (χ0v) is 13.4. The van der Waals surface area contributed by atoms with E-state index in [2.05, 4.69) is 6.92 Å². The fourth-order valence-electron chi connectivity index (χ4n) is 2.68. The minimum absolute atomic E-state index is 0.104. The second-order valence-electron chi connectivity index (χ2n) is 5.19. The number of methoxy groups -OCH3 is 2. The fraction of sp³-hybridized carbons (Fsp3) is 0.211. The molecule has 0 unspecified atom stereocenters. The van der Waals surface area contributed by atoms with Crippen LogP contribution in [0.3, 0.4) is 0 Å². The van der Waals surface area contributed by atoms with Crippen molar-refractivity contribution < 1.29 is 13.9 Å². The van der Waals surface area contributed by atoms with Crippen molar-refractivity contribution in [2.24, 2.45) is 0 Å². The van der Waals surface area contributed by atoms with Gasteiger partial charge in [0.1, 0.15) is 11.3 Å². The van der Waals surface area contributed by atoms with Crippen LogP contribution in [-0.2, 0) is 6.42 Å². The van der Waals surface area contributed by atoms with Gasteiger partial charge in [-0.25, -0.2) is 0 Å². The van der Waals surface area contributed by atoms with E-state index in [-0.39, 0.29) is 5.43 Å². The van der Waals surface area contributed by atoms with Crippen LogP contribution in [0.1, 0.15) is 12.5 Å². The van der Waals surface area contributed by atoms with Gasteiger partial charge in [0.2, 0.25) is 0 Å². The molecule has 2 aromatic carbocycles. The molecule has 3 rings (SSSR count). The molecule has 118 valence electrons. The lowest BCUT2D eigenvalue weighted by atomic mass is 10.0. The van der Waals surface area contributed by atoms with E-state index in [1.807, 2.05) is 24.3 Å². The smallest absolute Gasteiger partial charge is 0.193 e. The van der Waals surface area contributed by atoms with Crippen LogP contribution in [0.5, 0.6) is 11.5 Å². The summed E-state index contributed by atoms with van der Waals surface area (Å²) in [5.41, 5.74) is 2.45. The third-order valence-corrected chi connectivity index (χ3v) is 3.90. The van der Waals surface area contributed by atoms with Gasteiger partial charge in [0.25, 0.3) is 0 Å². The Morgan fingerprint density at radius 3 is 2.39 bits per heavy atom. The maximum absolute atomic E-state index is 12.5. The first kappa shape index (κ1) is 15.2. The minimum Gasteiger partial charge on any atom is -0.493 e. The zero-order valence-electron chi connectivity index (χ0n) is 13.4. The topological polar surface area (TPSA) is 48.7 Å². The van der Waals surface area contributed by atoms with Crippen LogP contribution in [0.2, 0.25) is 0 Å². The number of benzene rings is 2. The third-order valence-electron chi connectivity index (χ3n) is 3.90. The average Bonchev–Trinajstić information content (AvgIpc) is 2.60. The quantitative estimate of drug-likeness (QED) is 0.729. The Morgan fingerprint density at radius 2 is 1.70 bits per heavy atom. The number of fused-ring (bicyclic) bond motifs is 1. The van der Waals surface area contributed by atoms with Gasteiger partial charge in [-0.2, -0.15) is 0 Å². The minimum atomic E-state index is -0.104. The molecule has 0 aliphatic rings. The van der Waals surface area contributed by atoms with Crippen LogP contribution >= 0.6 is 0 Å². The molecule has 0 atom stereocenters. The van der Waals surface area contributed by atoms with Crippen molar-refractivity contribution in [2.75, 3.05) is 14.2 Å². The van der Waals surface area contributed by atoms with Crippen molar-refractivity contribution in [1.82, 2.24) is 0 Å². The molecule has 0 fully saturated rings. The molecule has 0 N–H and O–H groups in total. The summed E-state index contributed by atoms with van der Waals surface area (Å²) in [6.07, 6.45) is 0.865. The summed E-state index contributed by atoms with van der Waals surface area (Å²) in [4.78, 5) is 12.5. The lowest BCUT2D eigenvalue weighted by Crippen LogP contribution is -2.02. The molecule has 4 heteroatoms. The Labute approximate surface area is 134 Å². The van der Waals surface area contributed by atoms with E-state index < -0.39 is 0 Å². The van der Waals surface area contributed by atoms with Crippen LogP contribution in [0.25, 0.3) is 22.3 Å². The second-order valence-corrected chi connectivity index (χ2v) is 5.19. The van der Waals surface area contributed by atoms with E-state index in [1.165, 1.54) is 13.2 Å². The molecule has 0 saturated carbocycles. The van der Waals surface area contributed by atoms with E-state index in [0.717, 1.165) is 17.5 Å². The van der Waals surface area contributed by atoms with Crippen LogP contribution < -0.4 is 14.9 Å². The van der Waals surface area contributed by atoms with Crippen LogP contribution in [0.15, 0.2) is 51.7 Å². The van der Waals surface area contributed by atoms with Gasteiger partial charge in [0.05, 0.1) is 19.6 Å². The normalized spacial score (nSPS) is 10.7. The number of aryl methyl sites for hydroxylation is 1. The van der Waals surface area contributed by atoms with E-state index in [4.69, 9.17) is 13.9 Å². The third kappa shape index (κ3) is 2.68. The second kappa shape index (κ2) is 6.16. The molecule has 0 bridgehead atoms. The van der Waals surface area contributed by atoms with E-state index in [0.29, 0.717) is 28.2 Å². The highest BCUT2D eigenvalue weighted by Crippen LogP contribution is 2.33. The molecule has 0 spiro atoms. The molecule has 23 heavy (non-hydrogen) atoms. The molecule has 1 heterocycles. The van der Waals surface area contributed by atoms with Gasteiger partial charge in [0, 0.05) is 17.7 Å². The molecule has 3 aromatic rings. The molecule has 0 aliphatic heterocycles. The summed E-state index contributed by atoms with van der Waals surface area (Å²) in [5.74, 6) is 1.60. The van der Waals surface area contributed by atoms with Crippen LogP contribution in [0.4, 0.5) is 0 Å². The monoisotopic (exact) mass is 310 g/mol. The standard InChI is InChI=1S/C19H18O4/c1-4-12-7-5-6-8-13(12)16-10-15(20)14-9-18(21-2)19(22-3)11-17(14)23-16/h5-11H,4H2,1-3H3. The van der Waals surface area contributed by atoms with Crippen LogP contribution in [-0.4, -0.2) is 14.2 Å². The number of hydrogen-bond donors (Lipinski definition) is 0. The van der Waals surface area contributed by atoms with Crippen molar-refractivity contribution in [3.8, 4) is 22.8 Å². The highest BCUT2D eigenvalue weighted by atomic mass is 16.5. The molecule has 0 aliphatic carbocycles. The largest absolute Gasteiger partial charge is 0.493 e. The molecule has 0 radical (unpaired) electrons. The van der Waals surface area contributed by atoms with Crippen molar-refractivity contribution in [3.05, 3.63) is 58.3 Å². The molecule has 0 amide bonds. The first-order valence-corrected chi connectivity index (χ1v) is 7.46. The number of rotatable bonds is 4. The van der Waals surface area contributed by atoms with Gasteiger partial charge in [0.15, 0.2) is 16.9 Å². The SMILES string of the molecule is CCc1ccccc1-c1cc(=O)c2cc(OC)c(OC)cc2o1. The lowest BCUT2D eigenvalue weighted by molar-refractivity contribution is 0.355. The predicted octanol–water partition coefficient (Wildman–Crippen LogP) is 4.04. The summed E-state index contributed by atoms with van der Waals surface area (Å²) in [6, 6.07) is 12.8. The first-order valence-electron chi connectivity index (χ1n) is 7.46. The van der Waals surface area contributed by atoms with E-state index in [1.54, 1.807) is 19.2 Å². The van der Waals surface area contributed by atoms with Gasteiger partial charge >= 0.3 is 0 Å². The van der Waals surface area contributed by atoms with E-state index in [9.17, 15) is 4.79 Å². The summed E-state index contributed by atoms with van der Waals surface area (Å²) in [7, 11) is 3.09. The van der Waals surface area contributed by atoms with Gasteiger partial charge < -0.3 is 13.9 Å². The fourth-order valence-corrected chi connectivity index (χ4v) is 2.68.